The van der Waals surface area contributed by atoms with Gasteiger partial charge in [-0.2, -0.15) is 0 Å². The van der Waals surface area contributed by atoms with Gasteiger partial charge in [-0.15, -0.1) is 11.3 Å². The van der Waals surface area contributed by atoms with Gasteiger partial charge >= 0.3 is 0 Å². The quantitative estimate of drug-likeness (QED) is 0.828. The molecule has 0 spiro atoms. The number of thiophene rings is 1. The Morgan fingerprint density at radius 1 is 1.19 bits per heavy atom. The zero-order chi connectivity index (χ0) is 11.5. The number of rotatable bonds is 3. The molecule has 0 atom stereocenters. The van der Waals surface area contributed by atoms with Crippen molar-refractivity contribution in [3.05, 3.63) is 40.1 Å². The average Bonchev–Trinajstić information content (AvgIpc) is 2.78. The largest absolute Gasteiger partial charge is 0.507 e. The van der Waals surface area contributed by atoms with E-state index < -0.39 is 0 Å². The molecule has 80 valence electrons. The SMILES string of the molecule is O=Cc1cc(-c2cccc(C=O)c2O)cs1. The van der Waals surface area contributed by atoms with Crippen molar-refractivity contribution >= 4 is 23.9 Å². The third-order valence-corrected chi connectivity index (χ3v) is 3.10. The fourth-order valence-electron chi connectivity index (χ4n) is 1.45. The standard InChI is InChI=1S/C12H8O3S/c13-5-8-2-1-3-11(12(8)15)9-4-10(6-14)16-7-9/h1-7,15H. The second kappa shape index (κ2) is 4.28. The Morgan fingerprint density at radius 3 is 2.62 bits per heavy atom. The van der Waals surface area contributed by atoms with Gasteiger partial charge in [-0.1, -0.05) is 12.1 Å². The van der Waals surface area contributed by atoms with E-state index in [0.29, 0.717) is 16.7 Å². The molecule has 3 nitrogen and oxygen atoms in total. The monoisotopic (exact) mass is 232 g/mol. The minimum Gasteiger partial charge on any atom is -0.507 e. The maximum absolute atomic E-state index is 10.7. The zero-order valence-electron chi connectivity index (χ0n) is 8.21. The molecular formula is C12H8O3S. The molecule has 0 radical (unpaired) electrons. The van der Waals surface area contributed by atoms with E-state index in [1.165, 1.54) is 11.3 Å². The Hall–Kier alpha value is -1.94. The first-order valence-corrected chi connectivity index (χ1v) is 5.45. The van der Waals surface area contributed by atoms with Crippen LogP contribution < -0.4 is 0 Å². The number of carbonyl (C=O) groups is 2. The summed E-state index contributed by atoms with van der Waals surface area (Å²) in [5.41, 5.74) is 1.55. The van der Waals surface area contributed by atoms with Crippen LogP contribution in [-0.2, 0) is 0 Å². The fraction of sp³-hybridized carbons (Fsp3) is 0. The van der Waals surface area contributed by atoms with Gasteiger partial charge in [-0.3, -0.25) is 9.59 Å². The Labute approximate surface area is 96.0 Å². The van der Waals surface area contributed by atoms with Gasteiger partial charge in [0.05, 0.1) is 10.4 Å². The van der Waals surface area contributed by atoms with Crippen LogP contribution in [0.4, 0.5) is 0 Å². The number of hydrogen-bond acceptors (Lipinski definition) is 4. The second-order valence-corrected chi connectivity index (χ2v) is 4.16. The fourth-order valence-corrected chi connectivity index (χ4v) is 2.15. The Bertz CT molecular complexity index is 543. The van der Waals surface area contributed by atoms with E-state index >= 15 is 0 Å². The van der Waals surface area contributed by atoms with E-state index in [1.807, 2.05) is 0 Å². The number of hydrogen-bond donors (Lipinski definition) is 1. The molecule has 0 aliphatic carbocycles. The van der Waals surface area contributed by atoms with E-state index in [2.05, 4.69) is 0 Å². The van der Waals surface area contributed by atoms with E-state index in [9.17, 15) is 14.7 Å². The summed E-state index contributed by atoms with van der Waals surface area (Å²) in [6.07, 6.45) is 1.36. The van der Waals surface area contributed by atoms with Gasteiger partial charge in [0.15, 0.2) is 12.6 Å². The molecular weight excluding hydrogens is 224 g/mol. The lowest BCUT2D eigenvalue weighted by atomic mass is 10.0. The Kier molecular flexibility index (Phi) is 2.83. The number of phenols is 1. The van der Waals surface area contributed by atoms with E-state index in [4.69, 9.17) is 0 Å². The van der Waals surface area contributed by atoms with Gasteiger partial charge in [0, 0.05) is 5.56 Å². The summed E-state index contributed by atoms with van der Waals surface area (Å²) in [7, 11) is 0. The van der Waals surface area contributed by atoms with Crippen LogP contribution in [-0.4, -0.2) is 17.7 Å². The number of aromatic hydroxyl groups is 1. The topological polar surface area (TPSA) is 54.4 Å². The number of benzene rings is 1. The number of aldehydes is 2. The molecule has 1 aromatic heterocycles. The van der Waals surface area contributed by atoms with Gasteiger partial charge in [-0.25, -0.2) is 0 Å². The number of para-hydroxylation sites is 1. The Balaban J connectivity index is 2.55. The lowest BCUT2D eigenvalue weighted by molar-refractivity contribution is 0.111. The molecule has 2 aromatic rings. The average molecular weight is 232 g/mol. The van der Waals surface area contributed by atoms with Crippen molar-refractivity contribution in [3.8, 4) is 16.9 Å². The first-order valence-electron chi connectivity index (χ1n) is 4.57. The number of phenolic OH excluding ortho intramolecular Hbond substituents is 1. The highest BCUT2D eigenvalue weighted by Gasteiger charge is 2.09. The van der Waals surface area contributed by atoms with Crippen LogP contribution in [0.3, 0.4) is 0 Å². The lowest BCUT2D eigenvalue weighted by Gasteiger charge is -2.03. The van der Waals surface area contributed by atoms with Crippen molar-refractivity contribution in [2.24, 2.45) is 0 Å². The Morgan fingerprint density at radius 2 is 2.00 bits per heavy atom. The first-order chi connectivity index (χ1) is 7.76. The van der Waals surface area contributed by atoms with Crippen LogP contribution in [0, 0.1) is 0 Å². The molecule has 0 saturated carbocycles. The maximum Gasteiger partial charge on any atom is 0.160 e. The first kappa shape index (κ1) is 10.6. The molecule has 4 heteroatoms. The molecule has 16 heavy (non-hydrogen) atoms. The zero-order valence-corrected chi connectivity index (χ0v) is 9.03. The number of carbonyl (C=O) groups excluding carboxylic acids is 2. The molecule has 0 aliphatic rings. The summed E-state index contributed by atoms with van der Waals surface area (Å²) >= 11 is 1.30. The second-order valence-electron chi connectivity index (χ2n) is 3.22. The van der Waals surface area contributed by atoms with Crippen LogP contribution in [0.5, 0.6) is 5.75 Å². The van der Waals surface area contributed by atoms with E-state index in [1.54, 1.807) is 29.6 Å². The molecule has 0 amide bonds. The maximum atomic E-state index is 10.7. The van der Waals surface area contributed by atoms with Crippen LogP contribution >= 0.6 is 11.3 Å². The van der Waals surface area contributed by atoms with Crippen LogP contribution in [0.15, 0.2) is 29.6 Å². The predicted molar refractivity (Wildman–Crippen MR) is 62.2 cm³/mol. The summed E-state index contributed by atoms with van der Waals surface area (Å²) in [4.78, 5) is 21.8. The lowest BCUT2D eigenvalue weighted by Crippen LogP contribution is -1.84. The minimum absolute atomic E-state index is 0.0484. The predicted octanol–water partition coefficient (Wildman–Crippen LogP) is 2.75. The van der Waals surface area contributed by atoms with Crippen molar-refractivity contribution in [1.29, 1.82) is 0 Å². The molecule has 0 unspecified atom stereocenters. The van der Waals surface area contributed by atoms with Crippen molar-refractivity contribution in [2.75, 3.05) is 0 Å². The van der Waals surface area contributed by atoms with Crippen molar-refractivity contribution in [3.63, 3.8) is 0 Å². The summed E-state index contributed by atoms with van der Waals surface area (Å²) in [6.45, 7) is 0. The van der Waals surface area contributed by atoms with Crippen LogP contribution in [0.25, 0.3) is 11.1 Å². The summed E-state index contributed by atoms with van der Waals surface area (Å²) in [5, 5.41) is 11.6. The molecule has 0 bridgehead atoms. The van der Waals surface area contributed by atoms with Crippen LogP contribution in [0.2, 0.25) is 0 Å². The highest BCUT2D eigenvalue weighted by Crippen LogP contribution is 2.33. The van der Waals surface area contributed by atoms with Gasteiger partial charge < -0.3 is 5.11 Å². The highest BCUT2D eigenvalue weighted by atomic mass is 32.1. The van der Waals surface area contributed by atoms with Crippen molar-refractivity contribution in [2.45, 2.75) is 0 Å². The molecule has 1 N–H and O–H groups in total. The van der Waals surface area contributed by atoms with Gasteiger partial charge in [0.2, 0.25) is 0 Å². The highest BCUT2D eigenvalue weighted by molar-refractivity contribution is 7.12. The summed E-state index contributed by atoms with van der Waals surface area (Å²) in [6, 6.07) is 6.62. The molecule has 0 saturated heterocycles. The summed E-state index contributed by atoms with van der Waals surface area (Å²) in [5.74, 6) is -0.0484. The molecule has 0 aliphatic heterocycles. The minimum atomic E-state index is -0.0484. The smallest absolute Gasteiger partial charge is 0.160 e. The van der Waals surface area contributed by atoms with E-state index in [0.717, 1.165) is 11.8 Å². The molecule has 2 rings (SSSR count). The van der Waals surface area contributed by atoms with E-state index in [-0.39, 0.29) is 11.3 Å². The normalized spacial score (nSPS) is 10.0. The third kappa shape index (κ3) is 1.75. The molecule has 1 aromatic carbocycles. The summed E-state index contributed by atoms with van der Waals surface area (Å²) < 4.78 is 0. The van der Waals surface area contributed by atoms with Crippen molar-refractivity contribution < 1.29 is 14.7 Å². The molecule has 1 heterocycles. The molecule has 0 fully saturated rings. The van der Waals surface area contributed by atoms with Gasteiger partial charge in [0.1, 0.15) is 5.75 Å². The van der Waals surface area contributed by atoms with Crippen molar-refractivity contribution in [1.82, 2.24) is 0 Å². The van der Waals surface area contributed by atoms with Gasteiger partial charge in [0.25, 0.3) is 0 Å². The van der Waals surface area contributed by atoms with Crippen LogP contribution in [0.1, 0.15) is 20.0 Å². The van der Waals surface area contributed by atoms with Gasteiger partial charge in [-0.05, 0) is 23.1 Å². The third-order valence-electron chi connectivity index (χ3n) is 2.24.